The summed E-state index contributed by atoms with van der Waals surface area (Å²) >= 11 is 4.59. The van der Waals surface area contributed by atoms with Crippen LogP contribution in [0.2, 0.25) is 0 Å². The summed E-state index contributed by atoms with van der Waals surface area (Å²) in [7, 11) is 3.07. The monoisotopic (exact) mass is 531 g/mol. The lowest BCUT2D eigenvalue weighted by molar-refractivity contribution is -0.113. The van der Waals surface area contributed by atoms with Crippen molar-refractivity contribution in [3.63, 3.8) is 0 Å². The topological polar surface area (TPSA) is 115 Å². The molecule has 1 heterocycles. The Morgan fingerprint density at radius 3 is 2.64 bits per heavy atom. The largest absolute Gasteiger partial charge is 0.465 e. The Kier molecular flexibility index (Phi) is 8.23. The second-order valence-electron chi connectivity index (χ2n) is 6.98. The number of nitrogens with zero attached hydrogens (tertiary/aromatic N) is 3. The number of nitrogens with one attached hydrogen (secondary N) is 2. The predicted molar refractivity (Wildman–Crippen MR) is 128 cm³/mol. The van der Waals surface area contributed by atoms with E-state index in [0.29, 0.717) is 32.3 Å². The molecule has 0 saturated carbocycles. The third-order valence-corrected chi connectivity index (χ3v) is 6.33. The van der Waals surface area contributed by atoms with Crippen molar-refractivity contribution in [2.45, 2.75) is 18.1 Å². The van der Waals surface area contributed by atoms with Gasteiger partial charge >= 0.3 is 5.97 Å². The van der Waals surface area contributed by atoms with Gasteiger partial charge in [-0.25, -0.2) is 4.79 Å². The fourth-order valence-electron chi connectivity index (χ4n) is 2.98. The Balaban J connectivity index is 1.58. The number of hydrogen-bond acceptors (Lipinski definition) is 7. The van der Waals surface area contributed by atoms with Crippen molar-refractivity contribution >= 4 is 51.2 Å². The molecule has 11 heteroatoms. The SMILES string of the molecule is COC(=O)c1cccc(NC(=O)CSc2nnc([C@@H](C)NC(=O)c3ccccc3Br)n2C)c1. The van der Waals surface area contributed by atoms with E-state index in [0.717, 1.165) is 0 Å². The molecule has 0 bridgehead atoms. The number of carbonyl (C=O) groups is 3. The van der Waals surface area contributed by atoms with Crippen molar-refractivity contribution in [1.82, 2.24) is 20.1 Å². The van der Waals surface area contributed by atoms with Crippen LogP contribution >= 0.6 is 27.7 Å². The Bertz CT molecular complexity index is 1180. The number of rotatable bonds is 8. The second-order valence-corrected chi connectivity index (χ2v) is 8.78. The lowest BCUT2D eigenvalue weighted by Crippen LogP contribution is -2.28. The highest BCUT2D eigenvalue weighted by molar-refractivity contribution is 9.10. The molecule has 3 aromatic rings. The van der Waals surface area contributed by atoms with Crippen LogP contribution in [0.3, 0.4) is 0 Å². The van der Waals surface area contributed by atoms with Crippen LogP contribution in [-0.2, 0) is 16.6 Å². The molecule has 9 nitrogen and oxygen atoms in total. The molecule has 0 unspecified atom stereocenters. The summed E-state index contributed by atoms with van der Waals surface area (Å²) in [5, 5.41) is 14.5. The molecule has 2 amide bonds. The van der Waals surface area contributed by atoms with Crippen molar-refractivity contribution < 1.29 is 19.1 Å². The molecule has 0 spiro atoms. The van der Waals surface area contributed by atoms with Crippen LogP contribution in [0, 0.1) is 0 Å². The number of anilines is 1. The molecule has 33 heavy (non-hydrogen) atoms. The normalized spacial score (nSPS) is 11.5. The highest BCUT2D eigenvalue weighted by Gasteiger charge is 2.20. The Labute approximate surface area is 203 Å². The minimum atomic E-state index is -0.479. The van der Waals surface area contributed by atoms with Crippen LogP contribution < -0.4 is 10.6 Å². The number of thioether (sulfide) groups is 1. The average Bonchev–Trinajstić information content (AvgIpc) is 3.17. The Morgan fingerprint density at radius 2 is 1.91 bits per heavy atom. The first-order valence-corrected chi connectivity index (χ1v) is 11.6. The molecule has 0 fully saturated rings. The van der Waals surface area contributed by atoms with Gasteiger partial charge < -0.3 is 19.9 Å². The summed E-state index contributed by atoms with van der Waals surface area (Å²) in [5.41, 5.74) is 1.36. The number of halogens is 1. The zero-order valence-electron chi connectivity index (χ0n) is 18.2. The number of esters is 1. The number of aromatic nitrogens is 3. The van der Waals surface area contributed by atoms with E-state index < -0.39 is 12.0 Å². The second kappa shape index (κ2) is 11.1. The number of hydrogen-bond donors (Lipinski definition) is 2. The van der Waals surface area contributed by atoms with Crippen molar-refractivity contribution in [2.24, 2.45) is 7.05 Å². The van der Waals surface area contributed by atoms with Crippen molar-refractivity contribution in [3.05, 3.63) is 70.0 Å². The van der Waals surface area contributed by atoms with Gasteiger partial charge in [0, 0.05) is 17.2 Å². The van der Waals surface area contributed by atoms with Crippen LogP contribution in [-0.4, -0.2) is 45.4 Å². The first kappa shape index (κ1) is 24.5. The molecule has 3 rings (SSSR count). The van der Waals surface area contributed by atoms with E-state index in [1.165, 1.54) is 18.9 Å². The zero-order valence-corrected chi connectivity index (χ0v) is 20.6. The molecule has 2 aromatic carbocycles. The summed E-state index contributed by atoms with van der Waals surface area (Å²) in [6, 6.07) is 13.3. The molecule has 1 atom stereocenters. The van der Waals surface area contributed by atoms with E-state index in [2.05, 4.69) is 41.5 Å². The fourth-order valence-corrected chi connectivity index (χ4v) is 4.17. The summed E-state index contributed by atoms with van der Waals surface area (Å²) in [6.45, 7) is 1.81. The molecule has 172 valence electrons. The minimum absolute atomic E-state index is 0.0894. The number of amides is 2. The smallest absolute Gasteiger partial charge is 0.337 e. The third-order valence-electron chi connectivity index (χ3n) is 4.62. The predicted octanol–water partition coefficient (Wildman–Crippen LogP) is 3.59. The molecular weight excluding hydrogens is 510 g/mol. The zero-order chi connectivity index (χ0) is 24.0. The molecule has 0 aliphatic heterocycles. The van der Waals surface area contributed by atoms with Gasteiger partial charge in [-0.05, 0) is 53.2 Å². The lowest BCUT2D eigenvalue weighted by Gasteiger charge is -2.14. The summed E-state index contributed by atoms with van der Waals surface area (Å²) in [4.78, 5) is 36.5. The van der Waals surface area contributed by atoms with Crippen molar-refractivity contribution in [3.8, 4) is 0 Å². The van der Waals surface area contributed by atoms with Gasteiger partial charge in [0.1, 0.15) is 0 Å². The van der Waals surface area contributed by atoms with E-state index in [1.54, 1.807) is 54.1 Å². The maximum Gasteiger partial charge on any atom is 0.337 e. The molecule has 0 aliphatic carbocycles. The van der Waals surface area contributed by atoms with E-state index >= 15 is 0 Å². The van der Waals surface area contributed by atoms with Crippen LogP contribution in [0.25, 0.3) is 0 Å². The fraction of sp³-hybridized carbons (Fsp3) is 0.227. The molecule has 2 N–H and O–H groups in total. The maximum atomic E-state index is 12.6. The van der Waals surface area contributed by atoms with Gasteiger partial charge in [-0.3, -0.25) is 9.59 Å². The summed E-state index contributed by atoms with van der Waals surface area (Å²) in [6.07, 6.45) is 0. The number of benzene rings is 2. The van der Waals surface area contributed by atoms with Crippen molar-refractivity contribution in [1.29, 1.82) is 0 Å². The van der Waals surface area contributed by atoms with Gasteiger partial charge in [0.15, 0.2) is 11.0 Å². The Morgan fingerprint density at radius 1 is 1.15 bits per heavy atom. The van der Waals surface area contributed by atoms with E-state index in [9.17, 15) is 14.4 Å². The molecule has 0 radical (unpaired) electrons. The van der Waals surface area contributed by atoms with Gasteiger partial charge in [-0.2, -0.15) is 0 Å². The average molecular weight is 532 g/mol. The molecule has 1 aromatic heterocycles. The van der Waals surface area contributed by atoms with E-state index in [-0.39, 0.29) is 17.6 Å². The van der Waals surface area contributed by atoms with Gasteiger partial charge in [-0.15, -0.1) is 10.2 Å². The molecule has 0 saturated heterocycles. The molecular formula is C22H22BrN5O4S. The lowest BCUT2D eigenvalue weighted by atomic mass is 10.2. The van der Waals surface area contributed by atoms with Crippen LogP contribution in [0.15, 0.2) is 58.2 Å². The van der Waals surface area contributed by atoms with Crippen LogP contribution in [0.5, 0.6) is 0 Å². The van der Waals surface area contributed by atoms with Crippen molar-refractivity contribution in [2.75, 3.05) is 18.2 Å². The van der Waals surface area contributed by atoms with Gasteiger partial charge in [0.2, 0.25) is 5.91 Å². The van der Waals surface area contributed by atoms with Gasteiger partial charge in [0.05, 0.1) is 30.0 Å². The number of ether oxygens (including phenoxy) is 1. The third kappa shape index (κ3) is 6.20. The minimum Gasteiger partial charge on any atom is -0.465 e. The first-order chi connectivity index (χ1) is 15.8. The number of methoxy groups -OCH3 is 1. The summed E-state index contributed by atoms with van der Waals surface area (Å²) < 4.78 is 7.13. The standard InChI is InChI=1S/C22H22BrN5O4S/c1-13(24-20(30)16-9-4-5-10-17(16)23)19-26-27-22(28(19)2)33-12-18(29)25-15-8-6-7-14(11-15)21(31)32-3/h4-11,13H,12H2,1-3H3,(H,24,30)(H,25,29)/t13-/m1/s1. The van der Waals surface area contributed by atoms with Gasteiger partial charge in [0.25, 0.3) is 5.91 Å². The van der Waals surface area contributed by atoms with Crippen LogP contribution in [0.4, 0.5) is 5.69 Å². The Hall–Kier alpha value is -3.18. The van der Waals surface area contributed by atoms with E-state index in [4.69, 9.17) is 0 Å². The highest BCUT2D eigenvalue weighted by Crippen LogP contribution is 2.21. The maximum absolute atomic E-state index is 12.6. The highest BCUT2D eigenvalue weighted by atomic mass is 79.9. The van der Waals surface area contributed by atoms with Gasteiger partial charge in [-0.1, -0.05) is 30.0 Å². The quantitative estimate of drug-likeness (QED) is 0.337. The first-order valence-electron chi connectivity index (χ1n) is 9.86. The molecule has 0 aliphatic rings. The van der Waals surface area contributed by atoms with E-state index in [1.807, 2.05) is 13.0 Å². The summed E-state index contributed by atoms with van der Waals surface area (Å²) in [5.74, 6) is -0.328. The van der Waals surface area contributed by atoms with Crippen LogP contribution in [0.1, 0.15) is 39.5 Å². The number of carbonyl (C=O) groups excluding carboxylic acids is 3.